The number of nitrogens with zero attached hydrogens (tertiary/aromatic N) is 1. The molecular formula is C22H26N2O6. The number of fused-ring (bicyclic) bond motifs is 1. The largest absolute Gasteiger partial charge is 0.492 e. The van der Waals surface area contributed by atoms with Crippen LogP contribution in [-0.4, -0.2) is 54.5 Å². The summed E-state index contributed by atoms with van der Waals surface area (Å²) in [6.45, 7) is 3.31. The van der Waals surface area contributed by atoms with Gasteiger partial charge in [-0.15, -0.1) is 0 Å². The van der Waals surface area contributed by atoms with Crippen LogP contribution in [0.15, 0.2) is 48.5 Å². The Morgan fingerprint density at radius 1 is 1.20 bits per heavy atom. The molecule has 2 N–H and O–H groups in total. The maximum absolute atomic E-state index is 12.5. The minimum absolute atomic E-state index is 0.0731. The third kappa shape index (κ3) is 5.49. The Labute approximate surface area is 175 Å². The van der Waals surface area contributed by atoms with Gasteiger partial charge >= 0.3 is 0 Å². The number of hydrogen-bond acceptors (Lipinski definition) is 6. The van der Waals surface area contributed by atoms with Gasteiger partial charge in [0.2, 0.25) is 0 Å². The minimum atomic E-state index is -0.755. The molecule has 30 heavy (non-hydrogen) atoms. The zero-order valence-electron chi connectivity index (χ0n) is 16.9. The van der Waals surface area contributed by atoms with Crippen LogP contribution in [0.3, 0.4) is 0 Å². The highest BCUT2D eigenvalue weighted by Gasteiger charge is 2.24. The van der Waals surface area contributed by atoms with Crippen LogP contribution in [0.4, 0.5) is 0 Å². The highest BCUT2D eigenvalue weighted by molar-refractivity contribution is 5.97. The number of rotatable bonds is 10. The van der Waals surface area contributed by atoms with Crippen molar-refractivity contribution in [2.45, 2.75) is 25.9 Å². The second kappa shape index (κ2) is 10.6. The van der Waals surface area contributed by atoms with E-state index in [1.807, 2.05) is 31.2 Å². The van der Waals surface area contributed by atoms with E-state index < -0.39 is 12.0 Å². The molecule has 0 fully saturated rings. The van der Waals surface area contributed by atoms with E-state index in [-0.39, 0.29) is 12.6 Å². The average Bonchev–Trinajstić information content (AvgIpc) is 2.78. The van der Waals surface area contributed by atoms with Gasteiger partial charge in [0, 0.05) is 13.0 Å². The summed E-state index contributed by atoms with van der Waals surface area (Å²) in [4.78, 5) is 25.8. The second-order valence-electron chi connectivity index (χ2n) is 6.87. The van der Waals surface area contributed by atoms with Crippen molar-refractivity contribution in [1.82, 2.24) is 10.4 Å². The highest BCUT2D eigenvalue weighted by Crippen LogP contribution is 2.24. The van der Waals surface area contributed by atoms with E-state index >= 15 is 0 Å². The standard InChI is InChI=1S/C22H26N2O6/c1-2-12-29-20(21(25)23-27)14-16-7-9-17(10-8-16)28-13-11-24-15-30-19-6-4-3-5-18(19)22(24)26/h3-10,20,27H,2,11-15H2,1H3,(H,23,25). The van der Waals surface area contributed by atoms with Gasteiger partial charge < -0.3 is 19.1 Å². The molecule has 8 nitrogen and oxygen atoms in total. The molecule has 1 aliphatic rings. The fourth-order valence-corrected chi connectivity index (χ4v) is 3.08. The molecule has 2 aromatic carbocycles. The van der Waals surface area contributed by atoms with E-state index in [4.69, 9.17) is 19.4 Å². The molecule has 0 bridgehead atoms. The van der Waals surface area contributed by atoms with E-state index in [1.54, 1.807) is 34.6 Å². The lowest BCUT2D eigenvalue weighted by Gasteiger charge is -2.28. The molecule has 1 aliphatic heterocycles. The van der Waals surface area contributed by atoms with Gasteiger partial charge in [-0.05, 0) is 36.2 Å². The first-order chi connectivity index (χ1) is 14.6. The fourth-order valence-electron chi connectivity index (χ4n) is 3.08. The molecule has 1 atom stereocenters. The van der Waals surface area contributed by atoms with E-state index in [1.165, 1.54) is 0 Å². The Hall–Kier alpha value is -3.10. The van der Waals surface area contributed by atoms with Crippen molar-refractivity contribution in [3.05, 3.63) is 59.7 Å². The smallest absolute Gasteiger partial charge is 0.272 e. The summed E-state index contributed by atoms with van der Waals surface area (Å²) >= 11 is 0. The van der Waals surface area contributed by atoms with Crippen molar-refractivity contribution in [1.29, 1.82) is 0 Å². The predicted molar refractivity (Wildman–Crippen MR) is 109 cm³/mol. The maximum atomic E-state index is 12.5. The SMILES string of the molecule is CCCOC(Cc1ccc(OCCN2COc3ccccc3C2=O)cc1)C(=O)NO. The van der Waals surface area contributed by atoms with Gasteiger partial charge in [0.1, 0.15) is 24.2 Å². The number of ether oxygens (including phenoxy) is 3. The zero-order chi connectivity index (χ0) is 21.3. The molecule has 3 rings (SSSR count). The number of hydroxylamine groups is 1. The number of carbonyl (C=O) groups excluding carboxylic acids is 2. The molecule has 0 saturated heterocycles. The summed E-state index contributed by atoms with van der Waals surface area (Å²) in [5, 5.41) is 8.87. The Morgan fingerprint density at radius 3 is 2.70 bits per heavy atom. The first-order valence-electron chi connectivity index (χ1n) is 9.90. The van der Waals surface area contributed by atoms with E-state index in [2.05, 4.69) is 0 Å². The first-order valence-corrected chi connectivity index (χ1v) is 9.90. The summed E-state index contributed by atoms with van der Waals surface area (Å²) in [5.74, 6) is 0.614. The molecule has 0 spiro atoms. The lowest BCUT2D eigenvalue weighted by atomic mass is 10.1. The molecule has 1 heterocycles. The van der Waals surface area contributed by atoms with Crippen molar-refractivity contribution in [2.24, 2.45) is 0 Å². The number of hydrogen-bond donors (Lipinski definition) is 2. The molecule has 0 aromatic heterocycles. The molecule has 2 aromatic rings. The van der Waals surface area contributed by atoms with Crippen molar-refractivity contribution < 1.29 is 29.0 Å². The molecule has 0 radical (unpaired) electrons. The van der Waals surface area contributed by atoms with Gasteiger partial charge in [0.05, 0.1) is 12.1 Å². The Balaban J connectivity index is 1.49. The van der Waals surface area contributed by atoms with Crippen LogP contribution in [-0.2, 0) is 16.0 Å². The second-order valence-corrected chi connectivity index (χ2v) is 6.87. The number of benzene rings is 2. The third-order valence-corrected chi connectivity index (χ3v) is 4.68. The van der Waals surface area contributed by atoms with Crippen molar-refractivity contribution in [3.8, 4) is 11.5 Å². The molecule has 0 saturated carbocycles. The number of carbonyl (C=O) groups is 2. The summed E-state index contributed by atoms with van der Waals surface area (Å²) in [7, 11) is 0. The van der Waals surface area contributed by atoms with Gasteiger partial charge in [0.15, 0.2) is 6.73 Å². The molecule has 8 heteroatoms. The molecular weight excluding hydrogens is 388 g/mol. The lowest BCUT2D eigenvalue weighted by Crippen LogP contribution is -2.40. The van der Waals surface area contributed by atoms with Gasteiger partial charge in [-0.1, -0.05) is 31.2 Å². The number of amides is 2. The Morgan fingerprint density at radius 2 is 1.97 bits per heavy atom. The van der Waals surface area contributed by atoms with Crippen LogP contribution in [0.5, 0.6) is 11.5 Å². The number of para-hydroxylation sites is 1. The van der Waals surface area contributed by atoms with Crippen LogP contribution in [0.2, 0.25) is 0 Å². The van der Waals surface area contributed by atoms with Crippen LogP contribution in [0, 0.1) is 0 Å². The van der Waals surface area contributed by atoms with Gasteiger partial charge in [-0.2, -0.15) is 0 Å². The van der Waals surface area contributed by atoms with Crippen molar-refractivity contribution in [3.63, 3.8) is 0 Å². The predicted octanol–water partition coefficient (Wildman–Crippen LogP) is 2.40. The fraction of sp³-hybridized carbons (Fsp3) is 0.364. The number of nitrogens with one attached hydrogen (secondary N) is 1. The Bertz CT molecular complexity index is 855. The maximum Gasteiger partial charge on any atom is 0.272 e. The summed E-state index contributed by atoms with van der Waals surface area (Å²) in [6.07, 6.45) is 0.360. The van der Waals surface area contributed by atoms with Crippen LogP contribution < -0.4 is 15.0 Å². The highest BCUT2D eigenvalue weighted by atomic mass is 16.5. The lowest BCUT2D eigenvalue weighted by molar-refractivity contribution is -0.141. The van der Waals surface area contributed by atoms with Gasteiger partial charge in [-0.25, -0.2) is 5.48 Å². The first kappa shape index (κ1) is 21.6. The van der Waals surface area contributed by atoms with Crippen molar-refractivity contribution >= 4 is 11.8 Å². The summed E-state index contributed by atoms with van der Waals surface area (Å²) < 4.78 is 16.8. The van der Waals surface area contributed by atoms with E-state index in [0.29, 0.717) is 43.2 Å². The van der Waals surface area contributed by atoms with Gasteiger partial charge in [-0.3, -0.25) is 14.8 Å². The van der Waals surface area contributed by atoms with Crippen LogP contribution >= 0.6 is 0 Å². The zero-order valence-corrected chi connectivity index (χ0v) is 16.9. The summed E-state index contributed by atoms with van der Waals surface area (Å²) in [6, 6.07) is 14.5. The Kier molecular flexibility index (Phi) is 7.64. The topological polar surface area (TPSA) is 97.3 Å². The monoisotopic (exact) mass is 414 g/mol. The summed E-state index contributed by atoms with van der Waals surface area (Å²) in [5.41, 5.74) is 3.08. The average molecular weight is 414 g/mol. The van der Waals surface area contributed by atoms with E-state index in [9.17, 15) is 9.59 Å². The van der Waals surface area contributed by atoms with Crippen LogP contribution in [0.25, 0.3) is 0 Å². The minimum Gasteiger partial charge on any atom is -0.492 e. The van der Waals surface area contributed by atoms with Gasteiger partial charge in [0.25, 0.3) is 11.8 Å². The molecule has 160 valence electrons. The molecule has 1 unspecified atom stereocenters. The molecule has 2 amide bonds. The van der Waals surface area contributed by atoms with E-state index in [0.717, 1.165) is 12.0 Å². The third-order valence-electron chi connectivity index (χ3n) is 4.68. The quantitative estimate of drug-likeness (QED) is 0.458. The normalized spacial score (nSPS) is 13.9. The van der Waals surface area contributed by atoms with Crippen LogP contribution in [0.1, 0.15) is 29.3 Å². The molecule has 0 aliphatic carbocycles. The van der Waals surface area contributed by atoms with Crippen molar-refractivity contribution in [2.75, 3.05) is 26.5 Å².